The maximum Gasteiger partial charge on any atom is 0.0532 e. The van der Waals surface area contributed by atoms with Crippen LogP contribution >= 0.6 is 0 Å². The highest BCUT2D eigenvalue weighted by Gasteiger charge is 2.09. The molecule has 2 nitrogen and oxygen atoms in total. The lowest BCUT2D eigenvalue weighted by atomic mass is 10.1. The molecule has 90 valence electrons. The van der Waals surface area contributed by atoms with E-state index in [1.165, 1.54) is 0 Å². The summed E-state index contributed by atoms with van der Waals surface area (Å²) in [6, 6.07) is 5.65. The highest BCUT2D eigenvalue weighted by molar-refractivity contribution is 7.85. The Hall–Kier alpha value is -0.830. The first-order valence-electron chi connectivity index (χ1n) is 5.79. The van der Waals surface area contributed by atoms with Crippen LogP contribution in [0.4, 0.5) is 5.69 Å². The molecule has 1 rings (SSSR count). The van der Waals surface area contributed by atoms with Gasteiger partial charge in [0.05, 0.1) is 10.8 Å². The van der Waals surface area contributed by atoms with E-state index in [4.69, 9.17) is 5.73 Å². The number of nitrogens with two attached hydrogens (primary N) is 1. The standard InChI is InChI=1S/C13H21NOS/c1-4-5-10(2)9-16(15)12-6-7-13(14)11(3)8-12/h6-8,10H,4-5,9,14H2,1-3H3. The van der Waals surface area contributed by atoms with Crippen molar-refractivity contribution in [1.82, 2.24) is 0 Å². The Labute approximate surface area is 101 Å². The summed E-state index contributed by atoms with van der Waals surface area (Å²) in [4.78, 5) is 0.898. The van der Waals surface area contributed by atoms with Crippen LogP contribution in [0.5, 0.6) is 0 Å². The topological polar surface area (TPSA) is 43.1 Å². The van der Waals surface area contributed by atoms with Crippen LogP contribution in [-0.4, -0.2) is 9.96 Å². The number of hydrogen-bond donors (Lipinski definition) is 1. The molecule has 16 heavy (non-hydrogen) atoms. The molecule has 1 aromatic rings. The van der Waals surface area contributed by atoms with E-state index in [1.807, 2.05) is 25.1 Å². The average molecular weight is 239 g/mol. The molecule has 2 atom stereocenters. The molecule has 0 aliphatic heterocycles. The van der Waals surface area contributed by atoms with Crippen molar-refractivity contribution >= 4 is 16.5 Å². The molecule has 0 bridgehead atoms. The first-order valence-corrected chi connectivity index (χ1v) is 7.11. The van der Waals surface area contributed by atoms with Gasteiger partial charge in [0.1, 0.15) is 0 Å². The second-order valence-electron chi connectivity index (χ2n) is 4.42. The summed E-state index contributed by atoms with van der Waals surface area (Å²) in [6.07, 6.45) is 2.29. The van der Waals surface area contributed by atoms with Crippen molar-refractivity contribution in [2.24, 2.45) is 5.92 Å². The van der Waals surface area contributed by atoms with Crippen LogP contribution < -0.4 is 5.73 Å². The summed E-state index contributed by atoms with van der Waals surface area (Å²) in [7, 11) is -0.889. The number of aryl methyl sites for hydroxylation is 1. The van der Waals surface area contributed by atoms with Crippen molar-refractivity contribution in [2.45, 2.75) is 38.5 Å². The zero-order chi connectivity index (χ0) is 12.1. The number of benzene rings is 1. The van der Waals surface area contributed by atoms with Crippen LogP contribution in [0.25, 0.3) is 0 Å². The third-order valence-electron chi connectivity index (χ3n) is 2.72. The van der Waals surface area contributed by atoms with Crippen LogP contribution in [0.2, 0.25) is 0 Å². The fraction of sp³-hybridized carbons (Fsp3) is 0.538. The maximum atomic E-state index is 12.1. The van der Waals surface area contributed by atoms with E-state index in [0.717, 1.165) is 34.7 Å². The van der Waals surface area contributed by atoms with Gasteiger partial charge in [-0.15, -0.1) is 0 Å². The normalized spacial score (nSPS) is 14.7. The Morgan fingerprint density at radius 2 is 2.12 bits per heavy atom. The monoisotopic (exact) mass is 239 g/mol. The van der Waals surface area contributed by atoms with Crippen LogP contribution in [0.3, 0.4) is 0 Å². The molecule has 0 fully saturated rings. The molecule has 2 N–H and O–H groups in total. The lowest BCUT2D eigenvalue weighted by Crippen LogP contribution is -2.08. The van der Waals surface area contributed by atoms with Gasteiger partial charge in [0.15, 0.2) is 0 Å². The van der Waals surface area contributed by atoms with Gasteiger partial charge in [0, 0.05) is 16.3 Å². The Bertz CT molecular complexity index is 376. The molecule has 0 aliphatic rings. The van der Waals surface area contributed by atoms with Gasteiger partial charge in [0.25, 0.3) is 0 Å². The Morgan fingerprint density at radius 3 is 2.69 bits per heavy atom. The van der Waals surface area contributed by atoms with Crippen LogP contribution in [0, 0.1) is 12.8 Å². The Balaban J connectivity index is 2.69. The van der Waals surface area contributed by atoms with Gasteiger partial charge in [-0.05, 0) is 36.6 Å². The highest BCUT2D eigenvalue weighted by atomic mass is 32.2. The van der Waals surface area contributed by atoms with Gasteiger partial charge < -0.3 is 5.73 Å². The van der Waals surface area contributed by atoms with Gasteiger partial charge >= 0.3 is 0 Å². The molecule has 0 saturated carbocycles. The van der Waals surface area contributed by atoms with Crippen molar-refractivity contribution in [3.05, 3.63) is 23.8 Å². The SMILES string of the molecule is CCCC(C)CS(=O)c1ccc(N)c(C)c1. The minimum absolute atomic E-state index is 0.517. The zero-order valence-electron chi connectivity index (χ0n) is 10.3. The number of hydrogen-bond acceptors (Lipinski definition) is 2. The smallest absolute Gasteiger partial charge is 0.0532 e. The first-order chi connectivity index (χ1) is 7.54. The van der Waals surface area contributed by atoms with Crippen molar-refractivity contribution in [2.75, 3.05) is 11.5 Å². The number of rotatable bonds is 5. The summed E-state index contributed by atoms with van der Waals surface area (Å²) in [5, 5.41) is 0. The van der Waals surface area contributed by atoms with E-state index >= 15 is 0 Å². The van der Waals surface area contributed by atoms with Gasteiger partial charge in [-0.3, -0.25) is 4.21 Å². The van der Waals surface area contributed by atoms with Crippen LogP contribution in [0.1, 0.15) is 32.3 Å². The summed E-state index contributed by atoms with van der Waals surface area (Å²) in [5.41, 5.74) is 7.51. The molecule has 3 heteroatoms. The van der Waals surface area contributed by atoms with E-state index in [-0.39, 0.29) is 0 Å². The molecule has 0 heterocycles. The van der Waals surface area contributed by atoms with Crippen LogP contribution in [-0.2, 0) is 10.8 Å². The molecular weight excluding hydrogens is 218 g/mol. The number of nitrogen functional groups attached to an aromatic ring is 1. The minimum atomic E-state index is -0.889. The molecular formula is C13H21NOS. The van der Waals surface area contributed by atoms with E-state index in [9.17, 15) is 4.21 Å². The summed E-state index contributed by atoms with van der Waals surface area (Å²) >= 11 is 0. The summed E-state index contributed by atoms with van der Waals surface area (Å²) < 4.78 is 12.1. The second kappa shape index (κ2) is 6.04. The molecule has 1 aromatic carbocycles. The maximum absolute atomic E-state index is 12.1. The molecule has 0 spiro atoms. The summed E-state index contributed by atoms with van der Waals surface area (Å²) in [5.74, 6) is 1.26. The van der Waals surface area contributed by atoms with Crippen LogP contribution in [0.15, 0.2) is 23.1 Å². The molecule has 2 unspecified atom stereocenters. The zero-order valence-corrected chi connectivity index (χ0v) is 11.1. The Kier molecular flexibility index (Phi) is 5.00. The van der Waals surface area contributed by atoms with Crippen molar-refractivity contribution in [3.8, 4) is 0 Å². The molecule has 0 amide bonds. The van der Waals surface area contributed by atoms with E-state index in [2.05, 4.69) is 13.8 Å². The minimum Gasteiger partial charge on any atom is -0.399 e. The molecule has 0 aliphatic carbocycles. The first kappa shape index (κ1) is 13.2. The lowest BCUT2D eigenvalue weighted by molar-refractivity contribution is 0.574. The lowest BCUT2D eigenvalue weighted by Gasteiger charge is -2.10. The van der Waals surface area contributed by atoms with Gasteiger partial charge in [-0.2, -0.15) is 0 Å². The molecule has 0 aromatic heterocycles. The highest BCUT2D eigenvalue weighted by Crippen LogP contribution is 2.18. The predicted octanol–water partition coefficient (Wildman–Crippen LogP) is 3.12. The predicted molar refractivity (Wildman–Crippen MR) is 70.9 cm³/mol. The quantitative estimate of drug-likeness (QED) is 0.802. The van der Waals surface area contributed by atoms with E-state index < -0.39 is 10.8 Å². The van der Waals surface area contributed by atoms with Crippen molar-refractivity contribution in [3.63, 3.8) is 0 Å². The van der Waals surface area contributed by atoms with Gasteiger partial charge in [-0.25, -0.2) is 0 Å². The molecule has 0 radical (unpaired) electrons. The van der Waals surface area contributed by atoms with Crippen molar-refractivity contribution in [1.29, 1.82) is 0 Å². The third-order valence-corrected chi connectivity index (χ3v) is 4.37. The average Bonchev–Trinajstić information content (AvgIpc) is 2.22. The van der Waals surface area contributed by atoms with E-state index in [0.29, 0.717) is 5.92 Å². The number of anilines is 1. The summed E-state index contributed by atoms with van der Waals surface area (Å²) in [6.45, 7) is 6.27. The third kappa shape index (κ3) is 3.63. The van der Waals surface area contributed by atoms with E-state index in [1.54, 1.807) is 0 Å². The molecule has 0 saturated heterocycles. The van der Waals surface area contributed by atoms with Gasteiger partial charge in [-0.1, -0.05) is 26.7 Å². The second-order valence-corrected chi connectivity index (χ2v) is 5.92. The fourth-order valence-electron chi connectivity index (χ4n) is 1.72. The fourth-order valence-corrected chi connectivity index (χ4v) is 3.12. The van der Waals surface area contributed by atoms with Gasteiger partial charge in [0.2, 0.25) is 0 Å². The largest absolute Gasteiger partial charge is 0.399 e. The Morgan fingerprint density at radius 1 is 1.44 bits per heavy atom. The van der Waals surface area contributed by atoms with Crippen molar-refractivity contribution < 1.29 is 4.21 Å².